The van der Waals surface area contributed by atoms with Gasteiger partial charge < -0.3 is 18.9 Å². The van der Waals surface area contributed by atoms with Gasteiger partial charge in [0.2, 0.25) is 0 Å². The molecule has 0 fully saturated rings. The average molecular weight is 511 g/mol. The predicted molar refractivity (Wildman–Crippen MR) is 148 cm³/mol. The highest BCUT2D eigenvalue weighted by atomic mass is 16.5. The standard InChI is InChI=1S/C32H30O6/c1-23(2)31(33)37-20-6-5-19-35-29-15-11-27(12-16-29)25-7-9-26(10-8-25)28-13-17-30(18-14-28)36-21-22-38-32(34)24(3)4/h5,7-19,21-22H,1,3,6,20H2,2,4H3. The van der Waals surface area contributed by atoms with Gasteiger partial charge >= 0.3 is 11.9 Å². The Balaban J connectivity index is 1.49. The highest BCUT2D eigenvalue weighted by Crippen LogP contribution is 2.27. The molecule has 0 aliphatic heterocycles. The van der Waals surface area contributed by atoms with Gasteiger partial charge in [-0.2, -0.15) is 0 Å². The second-order valence-electron chi connectivity index (χ2n) is 8.40. The van der Waals surface area contributed by atoms with E-state index in [0.717, 1.165) is 22.3 Å². The quantitative estimate of drug-likeness (QED) is 0.109. The SMILES string of the molecule is C=C(C)C(=O)OC=COc1ccc(-c2ccc(-c3ccc(OC=CCCOC(=O)C(=C)C)cc3)cc2)cc1. The first-order chi connectivity index (χ1) is 18.3. The fourth-order valence-electron chi connectivity index (χ4n) is 3.14. The molecule has 0 radical (unpaired) electrons. The summed E-state index contributed by atoms with van der Waals surface area (Å²) in [6.07, 6.45) is 6.44. The summed E-state index contributed by atoms with van der Waals surface area (Å²) in [5.41, 5.74) is 4.98. The summed E-state index contributed by atoms with van der Waals surface area (Å²) in [6.45, 7) is 10.5. The maximum atomic E-state index is 11.3. The van der Waals surface area contributed by atoms with Gasteiger partial charge in [-0.25, -0.2) is 9.59 Å². The van der Waals surface area contributed by atoms with Crippen molar-refractivity contribution < 1.29 is 28.5 Å². The molecule has 38 heavy (non-hydrogen) atoms. The maximum absolute atomic E-state index is 11.3. The molecule has 194 valence electrons. The number of hydrogen-bond donors (Lipinski definition) is 0. The van der Waals surface area contributed by atoms with Crippen molar-refractivity contribution in [3.63, 3.8) is 0 Å². The van der Waals surface area contributed by atoms with Gasteiger partial charge in [0.1, 0.15) is 24.0 Å². The van der Waals surface area contributed by atoms with Crippen LogP contribution in [0.3, 0.4) is 0 Å². The zero-order chi connectivity index (χ0) is 27.3. The number of ether oxygens (including phenoxy) is 4. The largest absolute Gasteiger partial charge is 0.465 e. The van der Waals surface area contributed by atoms with Gasteiger partial charge in [0.05, 0.1) is 12.9 Å². The fourth-order valence-corrected chi connectivity index (χ4v) is 3.14. The first-order valence-electron chi connectivity index (χ1n) is 12.0. The van der Waals surface area contributed by atoms with Gasteiger partial charge in [0, 0.05) is 17.6 Å². The van der Waals surface area contributed by atoms with Crippen LogP contribution >= 0.6 is 0 Å². The van der Waals surface area contributed by atoms with Crippen LogP contribution in [0.1, 0.15) is 20.3 Å². The van der Waals surface area contributed by atoms with E-state index in [2.05, 4.69) is 37.4 Å². The number of rotatable bonds is 12. The first kappa shape index (κ1) is 27.7. The van der Waals surface area contributed by atoms with Gasteiger partial charge in [-0.1, -0.05) is 61.7 Å². The third kappa shape index (κ3) is 8.68. The summed E-state index contributed by atoms with van der Waals surface area (Å²) in [6, 6.07) is 23.7. The number of esters is 2. The second-order valence-corrected chi connectivity index (χ2v) is 8.40. The van der Waals surface area contributed by atoms with Crippen LogP contribution in [0.5, 0.6) is 11.5 Å². The van der Waals surface area contributed by atoms with E-state index in [9.17, 15) is 9.59 Å². The molecule has 0 aliphatic carbocycles. The Morgan fingerprint density at radius 1 is 0.632 bits per heavy atom. The van der Waals surface area contributed by atoms with Gasteiger partial charge in [-0.15, -0.1) is 0 Å². The summed E-state index contributed by atoms with van der Waals surface area (Å²) in [5.74, 6) is 0.446. The molecule has 6 nitrogen and oxygen atoms in total. The lowest BCUT2D eigenvalue weighted by Gasteiger charge is -2.07. The van der Waals surface area contributed by atoms with Gasteiger partial charge in [0.25, 0.3) is 0 Å². The number of carbonyl (C=O) groups is 2. The fraction of sp³-hybridized carbons (Fsp3) is 0.125. The Bertz CT molecular complexity index is 1310. The van der Waals surface area contributed by atoms with E-state index in [4.69, 9.17) is 18.9 Å². The van der Waals surface area contributed by atoms with Crippen LogP contribution in [-0.4, -0.2) is 18.5 Å². The molecular weight excluding hydrogens is 480 g/mol. The zero-order valence-electron chi connectivity index (χ0n) is 21.5. The zero-order valence-corrected chi connectivity index (χ0v) is 21.5. The molecule has 0 atom stereocenters. The Morgan fingerprint density at radius 2 is 1.05 bits per heavy atom. The molecule has 0 saturated carbocycles. The smallest absolute Gasteiger partial charge is 0.338 e. The highest BCUT2D eigenvalue weighted by molar-refractivity contribution is 5.87. The van der Waals surface area contributed by atoms with Crippen molar-refractivity contribution in [2.45, 2.75) is 20.3 Å². The molecular formula is C32H30O6. The molecule has 0 amide bonds. The van der Waals surface area contributed by atoms with Gasteiger partial charge in [-0.3, -0.25) is 0 Å². The lowest BCUT2D eigenvalue weighted by molar-refractivity contribution is -0.138. The third-order valence-corrected chi connectivity index (χ3v) is 5.21. The topological polar surface area (TPSA) is 71.1 Å². The van der Waals surface area contributed by atoms with Gasteiger partial charge in [0.15, 0.2) is 0 Å². The van der Waals surface area contributed by atoms with E-state index < -0.39 is 5.97 Å². The molecule has 3 aromatic carbocycles. The van der Waals surface area contributed by atoms with Crippen molar-refractivity contribution in [2.24, 2.45) is 0 Å². The van der Waals surface area contributed by atoms with E-state index in [1.54, 1.807) is 26.2 Å². The maximum Gasteiger partial charge on any atom is 0.338 e. The van der Waals surface area contributed by atoms with E-state index >= 15 is 0 Å². The monoisotopic (exact) mass is 510 g/mol. The molecule has 0 spiro atoms. The molecule has 0 aliphatic rings. The van der Waals surface area contributed by atoms with Crippen molar-refractivity contribution in [1.82, 2.24) is 0 Å². The van der Waals surface area contributed by atoms with Crippen LogP contribution in [0.4, 0.5) is 0 Å². The van der Waals surface area contributed by atoms with Crippen LogP contribution in [0, 0.1) is 0 Å². The Hall–Kier alpha value is -4.84. The minimum atomic E-state index is -0.502. The van der Waals surface area contributed by atoms with Crippen molar-refractivity contribution in [1.29, 1.82) is 0 Å². The molecule has 0 N–H and O–H groups in total. The van der Waals surface area contributed by atoms with Crippen LogP contribution in [0.2, 0.25) is 0 Å². The summed E-state index contributed by atoms with van der Waals surface area (Å²) in [5, 5.41) is 0. The molecule has 0 saturated heterocycles. The molecule has 6 heteroatoms. The Labute approximate surface area is 223 Å². The second kappa shape index (κ2) is 14.0. The molecule has 0 bridgehead atoms. The van der Waals surface area contributed by atoms with E-state index in [0.29, 0.717) is 29.1 Å². The predicted octanol–water partition coefficient (Wildman–Crippen LogP) is 7.39. The van der Waals surface area contributed by atoms with E-state index in [1.807, 2.05) is 48.5 Å². The Kier molecular flexibility index (Phi) is 10.3. The molecule has 0 aromatic heterocycles. The molecule has 3 aromatic rings. The third-order valence-electron chi connectivity index (χ3n) is 5.21. The van der Waals surface area contributed by atoms with Crippen LogP contribution in [0.25, 0.3) is 22.3 Å². The minimum absolute atomic E-state index is 0.282. The highest BCUT2D eigenvalue weighted by Gasteiger charge is 2.03. The molecule has 0 heterocycles. The van der Waals surface area contributed by atoms with Crippen LogP contribution < -0.4 is 9.47 Å². The van der Waals surface area contributed by atoms with E-state index in [1.165, 1.54) is 12.5 Å². The number of benzene rings is 3. The van der Waals surface area contributed by atoms with Crippen molar-refractivity contribution >= 4 is 11.9 Å². The normalized spacial score (nSPS) is 10.8. The summed E-state index contributed by atoms with van der Waals surface area (Å²) >= 11 is 0. The lowest BCUT2D eigenvalue weighted by atomic mass is 10.0. The van der Waals surface area contributed by atoms with Crippen molar-refractivity contribution in [2.75, 3.05) is 6.61 Å². The number of carbonyl (C=O) groups excluding carboxylic acids is 2. The Morgan fingerprint density at radius 3 is 1.50 bits per heavy atom. The summed E-state index contributed by atoms with van der Waals surface area (Å²) < 4.78 is 20.9. The van der Waals surface area contributed by atoms with Crippen LogP contribution in [-0.2, 0) is 19.1 Å². The molecule has 3 rings (SSSR count). The average Bonchev–Trinajstić information content (AvgIpc) is 2.93. The summed E-state index contributed by atoms with van der Waals surface area (Å²) in [7, 11) is 0. The summed E-state index contributed by atoms with van der Waals surface area (Å²) in [4.78, 5) is 22.7. The van der Waals surface area contributed by atoms with E-state index in [-0.39, 0.29) is 12.6 Å². The first-order valence-corrected chi connectivity index (χ1v) is 12.0. The van der Waals surface area contributed by atoms with Crippen molar-refractivity contribution in [3.8, 4) is 33.8 Å². The number of hydrogen-bond acceptors (Lipinski definition) is 6. The lowest BCUT2D eigenvalue weighted by Crippen LogP contribution is -2.05. The van der Waals surface area contributed by atoms with Crippen LogP contribution in [0.15, 0.2) is 122 Å². The van der Waals surface area contributed by atoms with Crippen molar-refractivity contribution in [3.05, 3.63) is 122 Å². The molecule has 0 unspecified atom stereocenters. The van der Waals surface area contributed by atoms with Gasteiger partial charge in [-0.05, 0) is 66.4 Å². The minimum Gasteiger partial charge on any atom is -0.465 e.